The largest absolute Gasteiger partial charge is 0.341 e. The fourth-order valence-electron chi connectivity index (χ4n) is 2.49. The molecule has 0 spiro atoms. The minimum atomic E-state index is -3.28. The van der Waals surface area contributed by atoms with Gasteiger partial charge < -0.3 is 0 Å². The third-order valence-corrected chi connectivity index (χ3v) is 5.50. The second kappa shape index (κ2) is 5.44. The summed E-state index contributed by atoms with van der Waals surface area (Å²) in [4.78, 5) is 10.7. The van der Waals surface area contributed by atoms with E-state index in [-0.39, 0.29) is 5.69 Å². The molecule has 7 nitrogen and oxygen atoms in total. The summed E-state index contributed by atoms with van der Waals surface area (Å²) in [5.41, 5.74) is 6.50. The van der Waals surface area contributed by atoms with Gasteiger partial charge in [0.15, 0.2) is 0 Å². The SMILES string of the molecule is CC(OP(N)(=O)N1CC1)c1ccc([N+](=O)[O-])c2ccccc12. The molecule has 3 rings (SSSR count). The van der Waals surface area contributed by atoms with Crippen LogP contribution in [-0.4, -0.2) is 22.7 Å². The van der Waals surface area contributed by atoms with Crippen LogP contribution in [-0.2, 0) is 9.09 Å². The Morgan fingerprint density at radius 3 is 2.50 bits per heavy atom. The molecule has 22 heavy (non-hydrogen) atoms. The van der Waals surface area contributed by atoms with Gasteiger partial charge >= 0.3 is 7.67 Å². The van der Waals surface area contributed by atoms with E-state index in [4.69, 9.17) is 10.0 Å². The second-order valence-electron chi connectivity index (χ2n) is 5.24. The minimum absolute atomic E-state index is 0.0356. The lowest BCUT2D eigenvalue weighted by atomic mass is 10.00. The fraction of sp³-hybridized carbons (Fsp3) is 0.286. The average Bonchev–Trinajstić information content (AvgIpc) is 3.30. The van der Waals surface area contributed by atoms with E-state index in [0.717, 1.165) is 5.56 Å². The highest BCUT2D eigenvalue weighted by Crippen LogP contribution is 2.51. The Morgan fingerprint density at radius 1 is 1.27 bits per heavy atom. The number of hydrogen-bond acceptors (Lipinski definition) is 4. The number of nitrogens with zero attached hydrogens (tertiary/aromatic N) is 2. The zero-order valence-corrected chi connectivity index (χ0v) is 12.9. The van der Waals surface area contributed by atoms with Crippen molar-refractivity contribution in [2.75, 3.05) is 13.1 Å². The molecule has 0 aromatic heterocycles. The van der Waals surface area contributed by atoms with Crippen molar-refractivity contribution in [2.45, 2.75) is 13.0 Å². The molecule has 1 heterocycles. The molecule has 2 aromatic carbocycles. The zero-order valence-electron chi connectivity index (χ0n) is 12.0. The van der Waals surface area contributed by atoms with Gasteiger partial charge in [0.05, 0.1) is 16.4 Å². The van der Waals surface area contributed by atoms with Gasteiger partial charge in [-0.25, -0.2) is 10.2 Å². The molecule has 0 amide bonds. The molecule has 2 aromatic rings. The molecule has 2 atom stereocenters. The number of non-ortho nitro benzene ring substituents is 1. The Kier molecular flexibility index (Phi) is 3.74. The molecule has 2 N–H and O–H groups in total. The highest BCUT2D eigenvalue weighted by atomic mass is 31.2. The van der Waals surface area contributed by atoms with Gasteiger partial charge in [-0.1, -0.05) is 18.2 Å². The van der Waals surface area contributed by atoms with Crippen molar-refractivity contribution in [3.05, 3.63) is 52.1 Å². The number of benzene rings is 2. The quantitative estimate of drug-likeness (QED) is 0.393. The van der Waals surface area contributed by atoms with Crippen LogP contribution in [0.15, 0.2) is 36.4 Å². The molecule has 0 bridgehead atoms. The van der Waals surface area contributed by atoms with Crippen LogP contribution < -0.4 is 5.50 Å². The number of fused-ring (bicyclic) bond motifs is 1. The van der Waals surface area contributed by atoms with Crippen molar-refractivity contribution in [3.8, 4) is 0 Å². The summed E-state index contributed by atoms with van der Waals surface area (Å²) in [6.07, 6.45) is -0.526. The molecule has 8 heteroatoms. The van der Waals surface area contributed by atoms with Crippen LogP contribution in [0.25, 0.3) is 10.8 Å². The van der Waals surface area contributed by atoms with Gasteiger partial charge in [0, 0.05) is 19.2 Å². The summed E-state index contributed by atoms with van der Waals surface area (Å²) < 4.78 is 19.4. The number of nitro groups is 1. The maximum absolute atomic E-state index is 12.2. The number of hydrogen-bond donors (Lipinski definition) is 1. The molecule has 0 aliphatic carbocycles. The van der Waals surface area contributed by atoms with Gasteiger partial charge in [-0.3, -0.25) is 19.2 Å². The van der Waals surface area contributed by atoms with Crippen LogP contribution >= 0.6 is 7.67 Å². The van der Waals surface area contributed by atoms with Crippen molar-refractivity contribution in [1.29, 1.82) is 0 Å². The number of nitro benzene ring substituents is 1. The Hall–Kier alpha value is -1.79. The van der Waals surface area contributed by atoms with E-state index in [1.807, 2.05) is 0 Å². The Morgan fingerprint density at radius 2 is 1.91 bits per heavy atom. The fourth-order valence-corrected chi connectivity index (χ4v) is 3.84. The summed E-state index contributed by atoms with van der Waals surface area (Å²) in [5.74, 6) is 0. The van der Waals surface area contributed by atoms with E-state index in [0.29, 0.717) is 23.9 Å². The molecule has 1 aliphatic heterocycles. The molecule has 0 saturated carbocycles. The molecule has 116 valence electrons. The van der Waals surface area contributed by atoms with Crippen molar-refractivity contribution in [1.82, 2.24) is 4.67 Å². The van der Waals surface area contributed by atoms with Gasteiger partial charge in [-0.15, -0.1) is 0 Å². The Bertz CT molecular complexity index is 791. The summed E-state index contributed by atoms with van der Waals surface area (Å²) in [7, 11) is -3.28. The van der Waals surface area contributed by atoms with Crippen LogP contribution in [0.3, 0.4) is 0 Å². The van der Waals surface area contributed by atoms with Crippen molar-refractivity contribution in [3.63, 3.8) is 0 Å². The van der Waals surface area contributed by atoms with Crippen molar-refractivity contribution < 1.29 is 14.0 Å². The predicted octanol–water partition coefficient (Wildman–Crippen LogP) is 3.21. The van der Waals surface area contributed by atoms with Crippen LogP contribution in [0.5, 0.6) is 0 Å². The maximum atomic E-state index is 12.2. The minimum Gasteiger partial charge on any atom is -0.298 e. The molecule has 1 saturated heterocycles. The third-order valence-electron chi connectivity index (χ3n) is 3.70. The molecule has 0 radical (unpaired) electrons. The highest BCUT2D eigenvalue weighted by molar-refractivity contribution is 7.54. The van der Waals surface area contributed by atoms with Gasteiger partial charge in [-0.2, -0.15) is 0 Å². The highest BCUT2D eigenvalue weighted by Gasteiger charge is 2.37. The zero-order chi connectivity index (χ0) is 15.9. The lowest BCUT2D eigenvalue weighted by Gasteiger charge is -2.20. The van der Waals surface area contributed by atoms with E-state index in [2.05, 4.69) is 0 Å². The summed E-state index contributed by atoms with van der Waals surface area (Å²) in [5, 5.41) is 12.4. The van der Waals surface area contributed by atoms with E-state index in [9.17, 15) is 14.7 Å². The van der Waals surface area contributed by atoms with Crippen molar-refractivity contribution >= 4 is 24.1 Å². The number of nitrogens with two attached hydrogens (primary N) is 1. The molecular formula is C14H16N3O4P. The van der Waals surface area contributed by atoms with Gasteiger partial charge in [0.1, 0.15) is 0 Å². The first-order valence-electron chi connectivity index (χ1n) is 6.88. The van der Waals surface area contributed by atoms with E-state index in [1.165, 1.54) is 6.07 Å². The van der Waals surface area contributed by atoms with Crippen LogP contribution in [0.4, 0.5) is 5.69 Å². The second-order valence-corrected chi connectivity index (χ2v) is 7.15. The predicted molar refractivity (Wildman–Crippen MR) is 83.5 cm³/mol. The summed E-state index contributed by atoms with van der Waals surface area (Å²) >= 11 is 0. The van der Waals surface area contributed by atoms with Gasteiger partial charge in [0.2, 0.25) is 0 Å². The topological polar surface area (TPSA) is 98.5 Å². The monoisotopic (exact) mass is 321 g/mol. The third kappa shape index (κ3) is 2.76. The van der Waals surface area contributed by atoms with Crippen molar-refractivity contribution in [2.24, 2.45) is 5.50 Å². The first-order valence-corrected chi connectivity index (χ1v) is 8.53. The molecule has 1 aliphatic rings. The Labute approximate surface area is 127 Å². The summed E-state index contributed by atoms with van der Waals surface area (Å²) in [6.45, 7) is 3.08. The maximum Gasteiger partial charge on any atom is 0.341 e. The van der Waals surface area contributed by atoms with E-state index < -0.39 is 18.7 Å². The van der Waals surface area contributed by atoms with Gasteiger partial charge in [0.25, 0.3) is 5.69 Å². The smallest absolute Gasteiger partial charge is 0.298 e. The molecular weight excluding hydrogens is 305 g/mol. The first kappa shape index (κ1) is 15.1. The van der Waals surface area contributed by atoms with Gasteiger partial charge in [-0.05, 0) is 30.0 Å². The lowest BCUT2D eigenvalue weighted by molar-refractivity contribution is -0.383. The normalized spacial score (nSPS) is 18.8. The van der Waals surface area contributed by atoms with E-state index >= 15 is 0 Å². The van der Waals surface area contributed by atoms with Crippen LogP contribution in [0.1, 0.15) is 18.6 Å². The summed E-state index contributed by atoms with van der Waals surface area (Å²) in [6, 6.07) is 10.1. The first-order chi connectivity index (χ1) is 10.4. The Balaban J connectivity index is 2.02. The molecule has 1 fully saturated rings. The van der Waals surface area contributed by atoms with E-state index in [1.54, 1.807) is 41.9 Å². The average molecular weight is 321 g/mol. The lowest BCUT2D eigenvalue weighted by Crippen LogP contribution is -2.11. The van der Waals surface area contributed by atoms with Crippen LogP contribution in [0.2, 0.25) is 0 Å². The number of rotatable bonds is 5. The standard InChI is InChI=1S/C14H16N3O4P/c1-10(21-22(15,20)16-8-9-16)11-6-7-14(17(18)19)13-5-3-2-4-12(11)13/h2-7,10H,8-9H2,1H3,(H2,15,20). The van der Waals surface area contributed by atoms with Crippen LogP contribution in [0, 0.1) is 10.1 Å². The molecule has 2 unspecified atom stereocenters.